The lowest BCUT2D eigenvalue weighted by atomic mass is 9.71. The van der Waals surface area contributed by atoms with Crippen molar-refractivity contribution in [3.05, 3.63) is 58.7 Å². The van der Waals surface area contributed by atoms with Gasteiger partial charge in [0.15, 0.2) is 0 Å². The van der Waals surface area contributed by atoms with Crippen LogP contribution < -0.4 is 0 Å². The second-order valence-corrected chi connectivity index (χ2v) is 9.55. The van der Waals surface area contributed by atoms with Crippen molar-refractivity contribution < 1.29 is 0 Å². The minimum absolute atomic E-state index is 0.557. The topological polar surface area (TPSA) is 6.48 Å². The van der Waals surface area contributed by atoms with Gasteiger partial charge in [-0.2, -0.15) is 0 Å². The molecule has 27 heavy (non-hydrogen) atoms. The fourth-order valence-electron chi connectivity index (χ4n) is 5.33. The minimum Gasteiger partial charge on any atom is -0.306 e. The Morgan fingerprint density at radius 3 is 2.63 bits per heavy atom. The Labute approximate surface area is 165 Å². The summed E-state index contributed by atoms with van der Waals surface area (Å²) in [7, 11) is 4.48. The van der Waals surface area contributed by atoms with E-state index in [9.17, 15) is 0 Å². The molecule has 1 saturated heterocycles. The lowest BCUT2D eigenvalue weighted by Crippen LogP contribution is -2.23. The summed E-state index contributed by atoms with van der Waals surface area (Å²) in [5.41, 5.74) is 6.25. The zero-order valence-electron chi connectivity index (χ0n) is 17.6. The largest absolute Gasteiger partial charge is 0.306 e. The number of likely N-dealkylation sites (N-methyl/N-ethyl adjacent to an activating group) is 1. The number of likely N-dealkylation sites (tertiary alicyclic amines) is 1. The Bertz CT molecular complexity index is 732. The molecule has 1 aromatic rings. The number of hydrogen-bond donors (Lipinski definition) is 0. The van der Waals surface area contributed by atoms with E-state index in [0.29, 0.717) is 11.8 Å². The van der Waals surface area contributed by atoms with Crippen molar-refractivity contribution in [2.24, 2.45) is 17.8 Å². The van der Waals surface area contributed by atoms with Gasteiger partial charge in [0.2, 0.25) is 0 Å². The number of nitrogens with zero attached hydrogens (tertiary/aromatic N) is 2. The third-order valence-electron chi connectivity index (χ3n) is 7.24. The average molecular weight is 365 g/mol. The first-order valence-electron chi connectivity index (χ1n) is 10.9. The number of rotatable bonds is 4. The number of hydrogen-bond acceptors (Lipinski definition) is 2. The van der Waals surface area contributed by atoms with Crippen LogP contribution in [0.1, 0.15) is 43.7 Å². The van der Waals surface area contributed by atoms with E-state index in [1.807, 2.05) is 0 Å². The maximum Gasteiger partial charge on any atom is 0.0233 e. The van der Waals surface area contributed by atoms with Crippen LogP contribution in [0.25, 0.3) is 0 Å². The van der Waals surface area contributed by atoms with Crippen molar-refractivity contribution in [1.82, 2.24) is 9.80 Å². The van der Waals surface area contributed by atoms with Gasteiger partial charge in [-0.05, 0) is 79.9 Å². The molecule has 4 atom stereocenters. The monoisotopic (exact) mass is 364 g/mol. The second-order valence-electron chi connectivity index (χ2n) is 9.55. The van der Waals surface area contributed by atoms with Crippen LogP contribution in [0.2, 0.25) is 0 Å². The summed E-state index contributed by atoms with van der Waals surface area (Å²) in [4.78, 5) is 4.88. The van der Waals surface area contributed by atoms with Gasteiger partial charge in [0, 0.05) is 25.6 Å². The highest BCUT2D eigenvalue weighted by Crippen LogP contribution is 2.42. The summed E-state index contributed by atoms with van der Waals surface area (Å²) in [6.45, 7) is 9.64. The van der Waals surface area contributed by atoms with E-state index in [0.717, 1.165) is 24.9 Å². The molecule has 146 valence electrons. The molecule has 4 unspecified atom stereocenters. The average Bonchev–Trinajstić information content (AvgIpc) is 3.26. The highest BCUT2D eigenvalue weighted by atomic mass is 15.1. The first-order chi connectivity index (χ1) is 13.0. The molecular formula is C25H36N2. The van der Waals surface area contributed by atoms with Crippen molar-refractivity contribution in [3.8, 4) is 0 Å². The van der Waals surface area contributed by atoms with Crippen LogP contribution in [0.3, 0.4) is 0 Å². The van der Waals surface area contributed by atoms with Gasteiger partial charge in [0.1, 0.15) is 0 Å². The summed E-state index contributed by atoms with van der Waals surface area (Å²) in [6.07, 6.45) is 8.88. The number of allylic oxidation sites excluding steroid dienone is 1. The normalized spacial score (nSPS) is 32.6. The summed E-state index contributed by atoms with van der Waals surface area (Å²) in [6, 6.07) is 9.52. The molecule has 3 aliphatic rings. The van der Waals surface area contributed by atoms with Gasteiger partial charge in [0.05, 0.1) is 0 Å². The van der Waals surface area contributed by atoms with Crippen LogP contribution in [0.15, 0.2) is 47.6 Å². The van der Waals surface area contributed by atoms with Gasteiger partial charge in [-0.1, -0.05) is 50.3 Å². The lowest BCUT2D eigenvalue weighted by Gasteiger charge is -2.34. The highest BCUT2D eigenvalue weighted by Gasteiger charge is 2.30. The van der Waals surface area contributed by atoms with E-state index in [1.165, 1.54) is 43.5 Å². The minimum atomic E-state index is 0.557. The molecule has 2 nitrogen and oxygen atoms in total. The molecule has 2 heterocycles. The smallest absolute Gasteiger partial charge is 0.0233 e. The second kappa shape index (κ2) is 7.93. The van der Waals surface area contributed by atoms with Crippen molar-refractivity contribution in [2.75, 3.05) is 40.3 Å². The molecule has 4 rings (SSSR count). The molecule has 0 saturated carbocycles. The van der Waals surface area contributed by atoms with Crippen LogP contribution in [0.5, 0.6) is 0 Å². The molecule has 2 heteroatoms. The Morgan fingerprint density at radius 2 is 1.93 bits per heavy atom. The quantitative estimate of drug-likeness (QED) is 0.761. The SMILES string of the molecule is CC1CC(C2=CCN(C)C2)=CC(c2cccc(CC3CCN(C)C3)c2)C1C. The Morgan fingerprint density at radius 1 is 1.07 bits per heavy atom. The Kier molecular flexibility index (Phi) is 5.57. The third-order valence-corrected chi connectivity index (χ3v) is 7.24. The zero-order chi connectivity index (χ0) is 19.0. The van der Waals surface area contributed by atoms with E-state index in [-0.39, 0.29) is 0 Å². The van der Waals surface area contributed by atoms with Crippen molar-refractivity contribution >= 4 is 0 Å². The zero-order valence-corrected chi connectivity index (χ0v) is 17.6. The maximum absolute atomic E-state index is 2.61. The molecule has 2 aliphatic heterocycles. The van der Waals surface area contributed by atoms with Gasteiger partial charge < -0.3 is 4.90 Å². The molecule has 0 bridgehead atoms. The van der Waals surface area contributed by atoms with Crippen molar-refractivity contribution in [2.45, 2.75) is 39.0 Å². The van der Waals surface area contributed by atoms with Gasteiger partial charge in [-0.15, -0.1) is 0 Å². The fraction of sp³-hybridized carbons (Fsp3) is 0.600. The van der Waals surface area contributed by atoms with Crippen molar-refractivity contribution in [1.29, 1.82) is 0 Å². The van der Waals surface area contributed by atoms with Crippen LogP contribution >= 0.6 is 0 Å². The van der Waals surface area contributed by atoms with Crippen LogP contribution in [-0.2, 0) is 6.42 Å². The van der Waals surface area contributed by atoms with Crippen molar-refractivity contribution in [3.63, 3.8) is 0 Å². The lowest BCUT2D eigenvalue weighted by molar-refractivity contribution is 0.334. The van der Waals surface area contributed by atoms with Crippen LogP contribution in [0, 0.1) is 17.8 Å². The van der Waals surface area contributed by atoms with Gasteiger partial charge >= 0.3 is 0 Å². The highest BCUT2D eigenvalue weighted by molar-refractivity contribution is 5.41. The third kappa shape index (κ3) is 4.22. The molecule has 1 aliphatic carbocycles. The van der Waals surface area contributed by atoms with Crippen LogP contribution in [-0.4, -0.2) is 50.1 Å². The number of benzene rings is 1. The molecule has 0 spiro atoms. The summed E-state index contributed by atoms with van der Waals surface area (Å²) < 4.78 is 0. The molecule has 0 amide bonds. The Balaban J connectivity index is 1.56. The van der Waals surface area contributed by atoms with Crippen LogP contribution in [0.4, 0.5) is 0 Å². The first-order valence-corrected chi connectivity index (χ1v) is 10.9. The van der Waals surface area contributed by atoms with Gasteiger partial charge in [-0.25, -0.2) is 0 Å². The summed E-state index contributed by atoms with van der Waals surface area (Å²) >= 11 is 0. The maximum atomic E-state index is 2.61. The van der Waals surface area contributed by atoms with Gasteiger partial charge in [0.25, 0.3) is 0 Å². The Hall–Kier alpha value is -1.38. The fourth-order valence-corrected chi connectivity index (χ4v) is 5.33. The predicted molar refractivity (Wildman–Crippen MR) is 115 cm³/mol. The van der Waals surface area contributed by atoms with E-state index >= 15 is 0 Å². The van der Waals surface area contributed by atoms with Gasteiger partial charge in [-0.3, -0.25) is 4.90 Å². The van der Waals surface area contributed by atoms with E-state index in [2.05, 4.69) is 74.2 Å². The first kappa shape index (κ1) is 19.0. The summed E-state index contributed by atoms with van der Waals surface area (Å²) in [5.74, 6) is 2.84. The molecule has 0 radical (unpaired) electrons. The molecule has 0 aromatic heterocycles. The van der Waals surface area contributed by atoms with E-state index in [1.54, 1.807) is 11.1 Å². The molecule has 1 aromatic carbocycles. The molecular weight excluding hydrogens is 328 g/mol. The van der Waals surface area contributed by atoms with E-state index < -0.39 is 0 Å². The predicted octanol–water partition coefficient (Wildman–Crippen LogP) is 4.74. The van der Waals surface area contributed by atoms with E-state index in [4.69, 9.17) is 0 Å². The summed E-state index contributed by atoms with van der Waals surface area (Å²) in [5, 5.41) is 0. The molecule has 0 N–H and O–H groups in total. The standard InChI is InChI=1S/C25H36N2/c1-18-12-24(23-9-11-27(4)17-23)15-25(19(18)2)22-7-5-6-20(14-22)13-21-8-10-26(3)16-21/h5-7,9,14-15,18-19,21,25H,8,10-13,16-17H2,1-4H3. The molecule has 1 fully saturated rings.